The van der Waals surface area contributed by atoms with Crippen LogP contribution in [-0.2, 0) is 4.79 Å². The number of fused-ring (bicyclic) bond motifs is 2. The topological polar surface area (TPSA) is 20.3 Å². The van der Waals surface area contributed by atoms with Crippen molar-refractivity contribution >= 4 is 5.78 Å². The molecule has 2 heterocycles. The lowest BCUT2D eigenvalue weighted by Gasteiger charge is -2.46. The van der Waals surface area contributed by atoms with Gasteiger partial charge in [-0.25, -0.2) is 0 Å². The van der Waals surface area contributed by atoms with E-state index in [-0.39, 0.29) is 0 Å². The number of piperidine rings is 2. The summed E-state index contributed by atoms with van der Waals surface area (Å²) in [6, 6.07) is 1.33. The third kappa shape index (κ3) is 2.15. The van der Waals surface area contributed by atoms with Crippen molar-refractivity contribution < 1.29 is 4.79 Å². The minimum absolute atomic E-state index is 0.299. The zero-order valence-corrected chi connectivity index (χ0v) is 9.78. The Balaban J connectivity index is 2.04. The molecule has 2 aliphatic heterocycles. The van der Waals surface area contributed by atoms with Gasteiger partial charge >= 0.3 is 0 Å². The highest BCUT2D eigenvalue weighted by molar-refractivity contribution is 5.91. The second kappa shape index (κ2) is 4.48. The number of carbonyl (C=O) groups excluding carboxylic acids is 1. The van der Waals surface area contributed by atoms with Gasteiger partial charge in [0.15, 0.2) is 5.78 Å². The van der Waals surface area contributed by atoms with Crippen LogP contribution in [0.1, 0.15) is 39.0 Å². The van der Waals surface area contributed by atoms with Crippen LogP contribution in [-0.4, -0.2) is 29.8 Å². The molecule has 2 rings (SSSR count). The number of ketones is 1. The van der Waals surface area contributed by atoms with E-state index in [0.717, 1.165) is 12.8 Å². The highest BCUT2D eigenvalue weighted by Crippen LogP contribution is 2.36. The second-order valence-corrected chi connectivity index (χ2v) is 4.97. The Labute approximate surface area is 92.3 Å². The third-order valence-corrected chi connectivity index (χ3v) is 4.07. The van der Waals surface area contributed by atoms with Crippen molar-refractivity contribution in [2.45, 2.75) is 51.1 Å². The molecular formula is C13H21NO. The molecule has 0 saturated carbocycles. The second-order valence-electron chi connectivity index (χ2n) is 4.97. The first kappa shape index (κ1) is 10.9. The lowest BCUT2D eigenvalue weighted by atomic mass is 9.77. The van der Waals surface area contributed by atoms with Gasteiger partial charge in [0.2, 0.25) is 0 Å². The summed E-state index contributed by atoms with van der Waals surface area (Å²) in [5.74, 6) is 0.648. The molecule has 0 aliphatic carbocycles. The molecule has 0 amide bonds. The van der Waals surface area contributed by atoms with Crippen LogP contribution in [0.2, 0.25) is 0 Å². The minimum Gasteiger partial charge on any atom is -0.300 e. The van der Waals surface area contributed by atoms with E-state index in [9.17, 15) is 4.79 Å². The van der Waals surface area contributed by atoms with Crippen molar-refractivity contribution in [1.82, 2.24) is 4.90 Å². The van der Waals surface area contributed by atoms with Gasteiger partial charge < -0.3 is 4.90 Å². The predicted octanol–water partition coefficient (Wildman–Crippen LogP) is 2.39. The first-order valence-electron chi connectivity index (χ1n) is 6.11. The highest BCUT2D eigenvalue weighted by atomic mass is 16.1. The van der Waals surface area contributed by atoms with E-state index in [1.807, 2.05) is 13.0 Å². The fourth-order valence-corrected chi connectivity index (χ4v) is 3.15. The van der Waals surface area contributed by atoms with E-state index < -0.39 is 0 Å². The van der Waals surface area contributed by atoms with E-state index in [2.05, 4.69) is 11.9 Å². The largest absolute Gasteiger partial charge is 0.300 e. The first-order chi connectivity index (χ1) is 7.22. The molecule has 2 aliphatic rings. The molecule has 2 atom stereocenters. The van der Waals surface area contributed by atoms with Crippen LogP contribution in [0.25, 0.3) is 0 Å². The smallest absolute Gasteiger partial charge is 0.158 e. The van der Waals surface area contributed by atoms with Gasteiger partial charge in [-0.15, -0.1) is 0 Å². The van der Waals surface area contributed by atoms with E-state index in [0.29, 0.717) is 23.8 Å². The lowest BCUT2D eigenvalue weighted by Crippen LogP contribution is -2.50. The molecule has 84 valence electrons. The van der Waals surface area contributed by atoms with Crippen molar-refractivity contribution in [3.8, 4) is 0 Å². The van der Waals surface area contributed by atoms with Crippen LogP contribution in [0.4, 0.5) is 0 Å². The normalized spacial score (nSPS) is 37.1. The molecule has 2 heteroatoms. The Morgan fingerprint density at radius 1 is 1.27 bits per heavy atom. The fraction of sp³-hybridized carbons (Fsp3) is 0.769. The number of hydrogen-bond donors (Lipinski definition) is 0. The zero-order chi connectivity index (χ0) is 10.8. The molecule has 0 aromatic heterocycles. The van der Waals surface area contributed by atoms with Crippen molar-refractivity contribution in [1.29, 1.82) is 0 Å². The Bertz CT molecular complexity index is 258. The van der Waals surface area contributed by atoms with Gasteiger partial charge in [-0.3, -0.25) is 4.79 Å². The summed E-state index contributed by atoms with van der Waals surface area (Å²) >= 11 is 0. The Morgan fingerprint density at radius 2 is 1.87 bits per heavy atom. The quantitative estimate of drug-likeness (QED) is 0.648. The number of nitrogens with zero attached hydrogens (tertiary/aromatic N) is 1. The summed E-state index contributed by atoms with van der Waals surface area (Å²) in [7, 11) is 2.23. The number of rotatable bonds is 2. The summed E-state index contributed by atoms with van der Waals surface area (Å²) in [4.78, 5) is 14.3. The molecule has 2 unspecified atom stereocenters. The minimum atomic E-state index is 0.299. The Kier molecular flexibility index (Phi) is 3.25. The van der Waals surface area contributed by atoms with Gasteiger partial charge in [-0.2, -0.15) is 0 Å². The van der Waals surface area contributed by atoms with Gasteiger partial charge in [0.25, 0.3) is 0 Å². The van der Waals surface area contributed by atoms with Crippen LogP contribution in [0, 0.1) is 5.92 Å². The van der Waals surface area contributed by atoms with Gasteiger partial charge in [0.05, 0.1) is 0 Å². The van der Waals surface area contributed by atoms with Crippen LogP contribution in [0.3, 0.4) is 0 Å². The summed E-state index contributed by atoms with van der Waals surface area (Å²) in [6.45, 7) is 1.92. The number of hydrogen-bond acceptors (Lipinski definition) is 2. The van der Waals surface area contributed by atoms with Crippen LogP contribution >= 0.6 is 0 Å². The van der Waals surface area contributed by atoms with Gasteiger partial charge in [0, 0.05) is 18.0 Å². The average Bonchev–Trinajstić information content (AvgIpc) is 2.17. The summed E-state index contributed by atoms with van der Waals surface area (Å²) < 4.78 is 0. The molecule has 15 heavy (non-hydrogen) atoms. The standard InChI is InChI=1S/C13H21NO/c1-3-5-13(15)10-8-11-6-4-7-12(9-10)14(11)2/h3,5,10-12H,4,6-9H2,1-2H3/b5-3-. The van der Waals surface area contributed by atoms with Gasteiger partial charge in [-0.1, -0.05) is 12.5 Å². The zero-order valence-electron chi connectivity index (χ0n) is 9.78. The van der Waals surface area contributed by atoms with E-state index in [4.69, 9.17) is 0 Å². The summed E-state index contributed by atoms with van der Waals surface area (Å²) in [5.41, 5.74) is 0. The third-order valence-electron chi connectivity index (χ3n) is 4.07. The van der Waals surface area contributed by atoms with Crippen molar-refractivity contribution in [2.24, 2.45) is 5.92 Å². The summed E-state index contributed by atoms with van der Waals surface area (Å²) in [6.07, 6.45) is 9.71. The van der Waals surface area contributed by atoms with Crippen molar-refractivity contribution in [2.75, 3.05) is 7.05 Å². The molecule has 0 spiro atoms. The highest BCUT2D eigenvalue weighted by Gasteiger charge is 2.37. The first-order valence-corrected chi connectivity index (χ1v) is 6.11. The fourth-order valence-electron chi connectivity index (χ4n) is 3.15. The molecule has 0 aromatic rings. The van der Waals surface area contributed by atoms with Gasteiger partial charge in [-0.05, 0) is 45.7 Å². The van der Waals surface area contributed by atoms with Crippen LogP contribution < -0.4 is 0 Å². The van der Waals surface area contributed by atoms with Crippen molar-refractivity contribution in [3.05, 3.63) is 12.2 Å². The maximum Gasteiger partial charge on any atom is 0.158 e. The van der Waals surface area contributed by atoms with E-state index >= 15 is 0 Å². The molecule has 0 N–H and O–H groups in total. The monoisotopic (exact) mass is 207 g/mol. The maximum atomic E-state index is 11.8. The average molecular weight is 207 g/mol. The van der Waals surface area contributed by atoms with E-state index in [1.54, 1.807) is 6.08 Å². The lowest BCUT2D eigenvalue weighted by molar-refractivity contribution is -0.121. The molecule has 2 fully saturated rings. The molecular weight excluding hydrogens is 186 g/mol. The maximum absolute atomic E-state index is 11.8. The van der Waals surface area contributed by atoms with Gasteiger partial charge in [0.1, 0.15) is 0 Å². The molecule has 2 saturated heterocycles. The van der Waals surface area contributed by atoms with Crippen LogP contribution in [0.15, 0.2) is 12.2 Å². The number of allylic oxidation sites excluding steroid dienone is 2. The molecule has 2 bridgehead atoms. The Morgan fingerprint density at radius 3 is 2.40 bits per heavy atom. The molecule has 0 radical (unpaired) electrons. The number of carbonyl (C=O) groups is 1. The summed E-state index contributed by atoms with van der Waals surface area (Å²) in [5, 5.41) is 0. The van der Waals surface area contributed by atoms with E-state index in [1.165, 1.54) is 19.3 Å². The van der Waals surface area contributed by atoms with Crippen molar-refractivity contribution in [3.63, 3.8) is 0 Å². The SMILES string of the molecule is C/C=C\C(=O)C1CC2CCCC(C1)N2C. The predicted molar refractivity (Wildman–Crippen MR) is 61.7 cm³/mol. The Hall–Kier alpha value is -0.630. The molecule has 2 nitrogen and oxygen atoms in total. The molecule has 0 aromatic carbocycles. The van der Waals surface area contributed by atoms with Crippen LogP contribution in [0.5, 0.6) is 0 Å².